The van der Waals surface area contributed by atoms with Crippen molar-refractivity contribution in [2.45, 2.75) is 401 Å². The van der Waals surface area contributed by atoms with Crippen molar-refractivity contribution < 1.29 is 80.2 Å². The van der Waals surface area contributed by atoms with Crippen LogP contribution in [0.1, 0.15) is 382 Å². The summed E-state index contributed by atoms with van der Waals surface area (Å²) in [6, 6.07) is 0. The Morgan fingerprint density at radius 2 is 0.543 bits per heavy atom. The third kappa shape index (κ3) is 66.0. The fraction of sp³-hybridized carbons (Fsp3) is 0.947. The van der Waals surface area contributed by atoms with Crippen LogP contribution in [0, 0.1) is 17.8 Å². The molecule has 0 spiro atoms. The van der Waals surface area contributed by atoms with Gasteiger partial charge in [0.2, 0.25) is 0 Å². The zero-order valence-electron chi connectivity index (χ0n) is 61.4. The molecule has 4 unspecified atom stereocenters. The number of carbonyl (C=O) groups excluding carboxylic acids is 4. The number of aliphatic hydroxyl groups excluding tert-OH is 1. The number of phosphoric acid groups is 2. The van der Waals surface area contributed by atoms with Crippen LogP contribution in [0.25, 0.3) is 0 Å². The maximum absolute atomic E-state index is 13.1. The highest BCUT2D eigenvalue weighted by Crippen LogP contribution is 2.45. The largest absolute Gasteiger partial charge is 0.472 e. The fourth-order valence-electron chi connectivity index (χ4n) is 11.4. The Bertz CT molecular complexity index is 1840. The summed E-state index contributed by atoms with van der Waals surface area (Å²) in [5.74, 6) is 0.137. The predicted molar refractivity (Wildman–Crippen MR) is 381 cm³/mol. The lowest BCUT2D eigenvalue weighted by Gasteiger charge is -2.21. The van der Waals surface area contributed by atoms with Crippen molar-refractivity contribution in [1.29, 1.82) is 0 Å². The zero-order chi connectivity index (χ0) is 69.4. The molecule has 0 heterocycles. The average molecular weight is 1380 g/mol. The van der Waals surface area contributed by atoms with E-state index < -0.39 is 97.5 Å². The van der Waals surface area contributed by atoms with Gasteiger partial charge in [-0.15, -0.1) is 0 Å². The highest BCUT2D eigenvalue weighted by atomic mass is 31.2. The number of phosphoric ester groups is 2. The first-order valence-corrected chi connectivity index (χ1v) is 41.9. The molecule has 7 atom stereocenters. The minimum Gasteiger partial charge on any atom is -0.462 e. The SMILES string of the molecule is CCCCCCCCCCCCCCCCCCCCCC(=O)O[C@H](COC(=O)CCCCCCCCCCCCC(C)C)COP(=O)(O)OC[C@@H](O)COP(=O)(O)OC[C@@H](COC(=O)CCCCCCCCC(C)CC)OC(=O)CCCCCCCCCCC(C)CC. The lowest BCUT2D eigenvalue weighted by atomic mass is 9.99. The fourth-order valence-corrected chi connectivity index (χ4v) is 12.9. The highest BCUT2D eigenvalue weighted by Gasteiger charge is 2.30. The van der Waals surface area contributed by atoms with Gasteiger partial charge in [-0.1, -0.05) is 331 Å². The molecule has 0 saturated heterocycles. The van der Waals surface area contributed by atoms with E-state index in [0.29, 0.717) is 25.7 Å². The number of aliphatic hydroxyl groups is 1. The van der Waals surface area contributed by atoms with Gasteiger partial charge >= 0.3 is 39.5 Å². The molecule has 0 aromatic rings. The van der Waals surface area contributed by atoms with Gasteiger partial charge in [0.25, 0.3) is 0 Å². The lowest BCUT2D eigenvalue weighted by Crippen LogP contribution is -2.30. The van der Waals surface area contributed by atoms with Crippen molar-refractivity contribution in [2.75, 3.05) is 39.6 Å². The normalized spacial score (nSPS) is 14.7. The molecule has 0 aromatic heterocycles. The zero-order valence-corrected chi connectivity index (χ0v) is 63.2. The summed E-state index contributed by atoms with van der Waals surface area (Å²) < 4.78 is 68.5. The molecule has 0 rings (SSSR count). The molecule has 0 radical (unpaired) electrons. The van der Waals surface area contributed by atoms with Gasteiger partial charge in [-0.05, 0) is 43.4 Å². The number of hydrogen-bond donors (Lipinski definition) is 3. The molecular weight excluding hydrogens is 1230 g/mol. The second kappa shape index (κ2) is 65.7. The quantitative estimate of drug-likeness (QED) is 0.0222. The number of hydrogen-bond acceptors (Lipinski definition) is 15. The number of ether oxygens (including phenoxy) is 4. The minimum atomic E-state index is -4.96. The first-order valence-electron chi connectivity index (χ1n) is 38.9. The first kappa shape index (κ1) is 92.1. The predicted octanol–water partition coefficient (Wildman–Crippen LogP) is 21.8. The molecule has 0 fully saturated rings. The molecular formula is C75H146O17P2. The van der Waals surface area contributed by atoms with Crippen LogP contribution in [0.5, 0.6) is 0 Å². The summed E-state index contributed by atoms with van der Waals surface area (Å²) in [6.07, 6.45) is 51.4. The van der Waals surface area contributed by atoms with Gasteiger partial charge in [0.1, 0.15) is 19.3 Å². The van der Waals surface area contributed by atoms with Crippen molar-refractivity contribution >= 4 is 39.5 Å². The van der Waals surface area contributed by atoms with Crippen LogP contribution in [0.15, 0.2) is 0 Å². The molecule has 19 heteroatoms. The van der Waals surface area contributed by atoms with E-state index in [9.17, 15) is 43.2 Å². The van der Waals surface area contributed by atoms with Gasteiger partial charge in [-0.3, -0.25) is 37.3 Å². The molecule has 0 aliphatic heterocycles. The van der Waals surface area contributed by atoms with Crippen molar-refractivity contribution in [3.63, 3.8) is 0 Å². The number of esters is 4. The Labute approximate surface area is 575 Å². The molecule has 94 heavy (non-hydrogen) atoms. The molecule has 0 aliphatic carbocycles. The van der Waals surface area contributed by atoms with E-state index in [4.69, 9.17) is 37.0 Å². The van der Waals surface area contributed by atoms with Crippen LogP contribution in [0.2, 0.25) is 0 Å². The summed E-state index contributed by atoms with van der Waals surface area (Å²) >= 11 is 0. The van der Waals surface area contributed by atoms with Crippen molar-refractivity contribution in [2.24, 2.45) is 17.8 Å². The van der Waals surface area contributed by atoms with E-state index in [1.807, 2.05) is 0 Å². The Morgan fingerprint density at radius 3 is 0.809 bits per heavy atom. The number of rotatable bonds is 73. The summed E-state index contributed by atoms with van der Waals surface area (Å²) in [6.45, 7) is 11.8. The Balaban J connectivity index is 5.24. The second-order valence-electron chi connectivity index (χ2n) is 28.0. The van der Waals surface area contributed by atoms with E-state index in [1.54, 1.807) is 0 Å². The van der Waals surface area contributed by atoms with E-state index in [-0.39, 0.29) is 25.7 Å². The molecule has 0 saturated carbocycles. The van der Waals surface area contributed by atoms with Gasteiger partial charge in [0.15, 0.2) is 12.2 Å². The smallest absolute Gasteiger partial charge is 0.462 e. The van der Waals surface area contributed by atoms with E-state index in [0.717, 1.165) is 114 Å². The van der Waals surface area contributed by atoms with Gasteiger partial charge in [0.05, 0.1) is 26.4 Å². The Kier molecular flexibility index (Phi) is 64.3. The van der Waals surface area contributed by atoms with Gasteiger partial charge in [0, 0.05) is 25.7 Å². The van der Waals surface area contributed by atoms with Crippen LogP contribution in [-0.4, -0.2) is 96.7 Å². The summed E-state index contributed by atoms with van der Waals surface area (Å²) in [7, 11) is -9.91. The van der Waals surface area contributed by atoms with Crippen LogP contribution < -0.4 is 0 Å². The Morgan fingerprint density at radius 1 is 0.309 bits per heavy atom. The van der Waals surface area contributed by atoms with Crippen molar-refractivity contribution in [1.82, 2.24) is 0 Å². The topological polar surface area (TPSA) is 237 Å². The monoisotopic (exact) mass is 1380 g/mol. The van der Waals surface area contributed by atoms with E-state index in [1.165, 1.54) is 186 Å². The van der Waals surface area contributed by atoms with E-state index >= 15 is 0 Å². The summed E-state index contributed by atoms with van der Waals surface area (Å²) in [4.78, 5) is 72.8. The van der Waals surface area contributed by atoms with Crippen LogP contribution in [0.3, 0.4) is 0 Å². The number of carbonyl (C=O) groups is 4. The molecule has 0 aliphatic rings. The van der Waals surface area contributed by atoms with Gasteiger partial charge in [-0.25, -0.2) is 9.13 Å². The average Bonchev–Trinajstić information content (AvgIpc) is 1.39. The van der Waals surface area contributed by atoms with Crippen LogP contribution in [0.4, 0.5) is 0 Å². The molecule has 558 valence electrons. The standard InChI is InChI=1S/C75H146O17P2/c1-8-11-12-13-14-15-16-17-18-19-20-21-22-23-24-29-35-44-51-58-74(79)91-70(62-85-72(77)56-49-42-34-28-26-25-27-32-39-46-53-66(4)5)64-89-93(81,82)87-60-69(76)61-88-94(83,84)90-65-71(63-86-73(78)57-50-43-38-37-41-48-55-68(7)10-3)92-75(80)59-52-45-36-31-30-33-40-47-54-67(6)9-2/h66-71,76H,8-65H2,1-7H3,(H,81,82)(H,83,84)/t67?,68?,69-,70-,71-/m1/s1. The van der Waals surface area contributed by atoms with Crippen LogP contribution in [-0.2, 0) is 65.4 Å². The summed E-state index contributed by atoms with van der Waals surface area (Å²) in [5.41, 5.74) is 0. The maximum Gasteiger partial charge on any atom is 0.472 e. The van der Waals surface area contributed by atoms with Gasteiger partial charge in [-0.2, -0.15) is 0 Å². The third-order valence-corrected chi connectivity index (χ3v) is 20.0. The van der Waals surface area contributed by atoms with E-state index in [2.05, 4.69) is 48.5 Å². The minimum absolute atomic E-state index is 0.104. The molecule has 0 aromatic carbocycles. The molecule has 0 bridgehead atoms. The third-order valence-electron chi connectivity index (χ3n) is 18.1. The first-order chi connectivity index (χ1) is 45.3. The molecule has 3 N–H and O–H groups in total. The molecule has 17 nitrogen and oxygen atoms in total. The number of unbranched alkanes of at least 4 members (excludes halogenated alkanes) is 39. The molecule has 0 amide bonds. The Hall–Kier alpha value is -1.94. The van der Waals surface area contributed by atoms with Crippen molar-refractivity contribution in [3.05, 3.63) is 0 Å². The summed E-state index contributed by atoms with van der Waals surface area (Å²) in [5, 5.41) is 10.6. The van der Waals surface area contributed by atoms with Crippen molar-refractivity contribution in [3.8, 4) is 0 Å². The maximum atomic E-state index is 13.1. The highest BCUT2D eigenvalue weighted by molar-refractivity contribution is 7.47. The second-order valence-corrected chi connectivity index (χ2v) is 30.9. The lowest BCUT2D eigenvalue weighted by molar-refractivity contribution is -0.161. The van der Waals surface area contributed by atoms with Crippen LogP contribution >= 0.6 is 15.6 Å². The van der Waals surface area contributed by atoms with Gasteiger partial charge < -0.3 is 33.8 Å².